The molecule has 2 aromatic rings. The van der Waals surface area contributed by atoms with Crippen molar-refractivity contribution in [3.63, 3.8) is 0 Å². The van der Waals surface area contributed by atoms with E-state index in [2.05, 4.69) is 0 Å². The van der Waals surface area contributed by atoms with Crippen LogP contribution in [0.3, 0.4) is 0 Å². The van der Waals surface area contributed by atoms with Gasteiger partial charge in [-0.3, -0.25) is 0 Å². The van der Waals surface area contributed by atoms with Crippen LogP contribution in [0.15, 0.2) is 65.6 Å². The summed E-state index contributed by atoms with van der Waals surface area (Å²) in [4.78, 5) is 0.361. The van der Waals surface area contributed by atoms with Crippen molar-refractivity contribution in [3.8, 4) is 0 Å². The predicted octanol–water partition coefficient (Wildman–Crippen LogP) is 3.35. The predicted molar refractivity (Wildman–Crippen MR) is 81.3 cm³/mol. The molecule has 0 radical (unpaired) electrons. The summed E-state index contributed by atoms with van der Waals surface area (Å²) < 4.78 is 27.5. The molecule has 0 aromatic heterocycles. The van der Waals surface area contributed by atoms with Gasteiger partial charge in [-0.25, -0.2) is 8.42 Å². The van der Waals surface area contributed by atoms with Crippen molar-refractivity contribution in [2.75, 3.05) is 0 Å². The van der Waals surface area contributed by atoms with Crippen molar-refractivity contribution < 1.29 is 8.42 Å². The molecule has 0 saturated heterocycles. The molecule has 0 amide bonds. The number of benzene rings is 2. The number of nitrogens with zero attached hydrogens (tertiary/aromatic N) is 1. The molecule has 2 aliphatic heterocycles. The second-order valence-corrected chi connectivity index (χ2v) is 7.39. The van der Waals surface area contributed by atoms with Crippen molar-refractivity contribution in [2.45, 2.75) is 23.9 Å². The van der Waals surface area contributed by atoms with Crippen LogP contribution in [0.5, 0.6) is 0 Å². The minimum Gasteiger partial charge on any atom is -0.207 e. The van der Waals surface area contributed by atoms with Crippen molar-refractivity contribution in [2.24, 2.45) is 0 Å². The van der Waals surface area contributed by atoms with E-state index in [1.165, 1.54) is 0 Å². The van der Waals surface area contributed by atoms with Gasteiger partial charge < -0.3 is 0 Å². The van der Waals surface area contributed by atoms with E-state index in [0.29, 0.717) is 4.90 Å². The maximum Gasteiger partial charge on any atom is 0.244 e. The minimum atomic E-state index is -3.49. The maximum atomic E-state index is 13.0. The van der Waals surface area contributed by atoms with Crippen LogP contribution in [-0.2, 0) is 10.0 Å². The first-order valence-electron chi connectivity index (χ1n) is 6.96. The maximum absolute atomic E-state index is 13.0. The second kappa shape index (κ2) is 4.29. The SMILES string of the molecule is Cc1ccc(S(=O)(=O)N2[C@@H]3C=C[C@H]2c2ccccc23)cc1. The fourth-order valence-electron chi connectivity index (χ4n) is 3.22. The highest BCUT2D eigenvalue weighted by Gasteiger charge is 2.46. The zero-order valence-electron chi connectivity index (χ0n) is 11.6. The lowest BCUT2D eigenvalue weighted by molar-refractivity contribution is 0.384. The van der Waals surface area contributed by atoms with Gasteiger partial charge in [0.15, 0.2) is 0 Å². The van der Waals surface area contributed by atoms with Gasteiger partial charge in [0.25, 0.3) is 0 Å². The van der Waals surface area contributed by atoms with Gasteiger partial charge in [-0.15, -0.1) is 0 Å². The summed E-state index contributed by atoms with van der Waals surface area (Å²) in [7, 11) is -3.49. The zero-order valence-corrected chi connectivity index (χ0v) is 12.4. The summed E-state index contributed by atoms with van der Waals surface area (Å²) in [5.41, 5.74) is 3.25. The molecule has 2 heterocycles. The summed E-state index contributed by atoms with van der Waals surface area (Å²) in [5.74, 6) is 0. The molecule has 0 saturated carbocycles. The fraction of sp³-hybridized carbons (Fsp3) is 0.176. The van der Waals surface area contributed by atoms with Gasteiger partial charge in [0.05, 0.1) is 17.0 Å². The first kappa shape index (κ1) is 12.8. The molecule has 106 valence electrons. The number of sulfonamides is 1. The molecule has 0 spiro atoms. The number of aryl methyl sites for hydroxylation is 1. The molecule has 0 fully saturated rings. The molecule has 21 heavy (non-hydrogen) atoms. The van der Waals surface area contributed by atoms with E-state index >= 15 is 0 Å². The lowest BCUT2D eigenvalue weighted by atomic mass is 9.97. The molecule has 3 nitrogen and oxygen atoms in total. The van der Waals surface area contributed by atoms with Crippen LogP contribution in [0.1, 0.15) is 28.8 Å². The Balaban J connectivity index is 1.81. The van der Waals surface area contributed by atoms with Crippen LogP contribution in [0.25, 0.3) is 0 Å². The summed E-state index contributed by atoms with van der Waals surface area (Å²) in [6.07, 6.45) is 3.97. The standard InChI is InChI=1S/C17H15NO2S/c1-12-6-8-13(9-7-12)21(19,20)18-16-10-11-17(18)15-5-3-2-4-14(15)16/h2-11,16-17H,1H3/t16-,17+. The van der Waals surface area contributed by atoms with Crippen LogP contribution >= 0.6 is 0 Å². The Labute approximate surface area is 124 Å². The minimum absolute atomic E-state index is 0.169. The number of fused-ring (bicyclic) bond motifs is 5. The van der Waals surface area contributed by atoms with Gasteiger partial charge >= 0.3 is 0 Å². The molecule has 4 heteroatoms. The largest absolute Gasteiger partial charge is 0.244 e. The van der Waals surface area contributed by atoms with Crippen molar-refractivity contribution in [1.29, 1.82) is 0 Å². The zero-order chi connectivity index (χ0) is 14.6. The fourth-order valence-corrected chi connectivity index (χ4v) is 4.90. The van der Waals surface area contributed by atoms with Crippen molar-refractivity contribution >= 4 is 10.0 Å². The quantitative estimate of drug-likeness (QED) is 0.797. The van der Waals surface area contributed by atoms with E-state index in [0.717, 1.165) is 16.7 Å². The van der Waals surface area contributed by atoms with E-state index < -0.39 is 10.0 Å². The highest BCUT2D eigenvalue weighted by atomic mass is 32.2. The van der Waals surface area contributed by atoms with Crippen LogP contribution in [0.4, 0.5) is 0 Å². The molecule has 2 aliphatic rings. The van der Waals surface area contributed by atoms with Gasteiger partial charge in [0.1, 0.15) is 0 Å². The Morgan fingerprint density at radius 2 is 1.38 bits per heavy atom. The van der Waals surface area contributed by atoms with E-state index in [1.54, 1.807) is 16.4 Å². The van der Waals surface area contributed by atoms with E-state index in [4.69, 9.17) is 0 Å². The van der Waals surface area contributed by atoms with Gasteiger partial charge in [0, 0.05) is 0 Å². The third kappa shape index (κ3) is 1.73. The van der Waals surface area contributed by atoms with Gasteiger partial charge in [-0.2, -0.15) is 4.31 Å². The van der Waals surface area contributed by atoms with Crippen LogP contribution < -0.4 is 0 Å². The first-order chi connectivity index (χ1) is 10.1. The molecule has 0 aliphatic carbocycles. The van der Waals surface area contributed by atoms with E-state index in [-0.39, 0.29) is 12.1 Å². The summed E-state index contributed by atoms with van der Waals surface area (Å²) in [6, 6.07) is 14.7. The number of hydrogen-bond donors (Lipinski definition) is 0. The summed E-state index contributed by atoms with van der Waals surface area (Å²) in [5, 5.41) is 0. The lowest BCUT2D eigenvalue weighted by Gasteiger charge is -2.22. The highest BCUT2D eigenvalue weighted by Crippen LogP contribution is 2.51. The Morgan fingerprint density at radius 3 is 1.90 bits per heavy atom. The Hall–Kier alpha value is -1.91. The van der Waals surface area contributed by atoms with Gasteiger partial charge in [-0.1, -0.05) is 54.1 Å². The van der Waals surface area contributed by atoms with Crippen molar-refractivity contribution in [1.82, 2.24) is 4.31 Å². The average Bonchev–Trinajstić information content (AvgIpc) is 3.05. The Kier molecular flexibility index (Phi) is 2.62. The highest BCUT2D eigenvalue weighted by molar-refractivity contribution is 7.89. The van der Waals surface area contributed by atoms with Crippen molar-refractivity contribution in [3.05, 3.63) is 77.4 Å². The van der Waals surface area contributed by atoms with E-state index in [1.807, 2.05) is 55.5 Å². The third-order valence-corrected chi connectivity index (χ3v) is 6.13. The smallest absolute Gasteiger partial charge is 0.207 e. The van der Waals surface area contributed by atoms with E-state index in [9.17, 15) is 8.42 Å². The molecule has 2 bridgehead atoms. The summed E-state index contributed by atoms with van der Waals surface area (Å²) in [6.45, 7) is 1.95. The van der Waals surface area contributed by atoms with Crippen LogP contribution in [0.2, 0.25) is 0 Å². The molecule has 0 unspecified atom stereocenters. The third-order valence-electron chi connectivity index (χ3n) is 4.25. The molecular formula is C17H15NO2S. The Morgan fingerprint density at radius 1 is 0.857 bits per heavy atom. The number of rotatable bonds is 2. The molecule has 0 N–H and O–H groups in total. The molecule has 2 aromatic carbocycles. The molecule has 4 rings (SSSR count). The monoisotopic (exact) mass is 297 g/mol. The topological polar surface area (TPSA) is 37.4 Å². The summed E-state index contributed by atoms with van der Waals surface area (Å²) >= 11 is 0. The normalized spacial score (nSPS) is 23.5. The van der Waals surface area contributed by atoms with Crippen LogP contribution in [-0.4, -0.2) is 12.7 Å². The van der Waals surface area contributed by atoms with Crippen LogP contribution in [0, 0.1) is 6.92 Å². The van der Waals surface area contributed by atoms with Gasteiger partial charge in [0.2, 0.25) is 10.0 Å². The average molecular weight is 297 g/mol. The first-order valence-corrected chi connectivity index (χ1v) is 8.40. The molecular weight excluding hydrogens is 282 g/mol. The number of hydrogen-bond acceptors (Lipinski definition) is 2. The lowest BCUT2D eigenvalue weighted by Crippen LogP contribution is -2.28. The second-order valence-electron chi connectivity index (χ2n) is 5.55. The Bertz CT molecular complexity index is 804. The molecule has 2 atom stereocenters. The van der Waals surface area contributed by atoms with Gasteiger partial charge in [-0.05, 0) is 30.2 Å².